The van der Waals surface area contributed by atoms with E-state index in [9.17, 15) is 0 Å². The van der Waals surface area contributed by atoms with Crippen molar-refractivity contribution in [1.82, 2.24) is 4.98 Å². The summed E-state index contributed by atoms with van der Waals surface area (Å²) in [5.41, 5.74) is 2.14. The van der Waals surface area contributed by atoms with Crippen molar-refractivity contribution in [2.24, 2.45) is 0 Å². The Morgan fingerprint density at radius 2 is 1.89 bits per heavy atom. The molecule has 0 aliphatic rings. The maximum absolute atomic E-state index is 9.09. The van der Waals surface area contributed by atoms with E-state index in [0.29, 0.717) is 5.76 Å². The van der Waals surface area contributed by atoms with Crippen LogP contribution in [0.15, 0.2) is 28.7 Å². The fourth-order valence-electron chi connectivity index (χ4n) is 1.73. The molecule has 0 radical (unpaired) electrons. The highest BCUT2D eigenvalue weighted by molar-refractivity contribution is 6.27. The molecule has 0 spiro atoms. The first-order chi connectivity index (χ1) is 8.44. The number of aromatic nitrogens is 1. The molecule has 0 bridgehead atoms. The van der Waals surface area contributed by atoms with Gasteiger partial charge >= 0.3 is 0 Å². The molecule has 0 saturated carbocycles. The molecule has 0 unspecified atom stereocenters. The van der Waals surface area contributed by atoms with Crippen LogP contribution in [0.4, 0.5) is 0 Å². The molecule has 1 aromatic carbocycles. The molecule has 0 fully saturated rings. The Labute approximate surface area is 111 Å². The Hall–Kier alpha value is -1.79. The first-order valence-electron chi connectivity index (χ1n) is 5.59. The number of halogens is 1. The van der Waals surface area contributed by atoms with Gasteiger partial charge in [-0.05, 0) is 37.9 Å². The predicted molar refractivity (Wildman–Crippen MR) is 70.3 cm³/mol. The van der Waals surface area contributed by atoms with Crippen LogP contribution < -0.4 is 0 Å². The molecular weight excluding hydrogens is 248 g/mol. The normalized spacial score (nSPS) is 11.3. The van der Waals surface area contributed by atoms with Gasteiger partial charge in [0, 0.05) is 5.56 Å². The van der Waals surface area contributed by atoms with Gasteiger partial charge in [0.2, 0.25) is 0 Å². The highest BCUT2D eigenvalue weighted by Gasteiger charge is 2.20. The van der Waals surface area contributed by atoms with E-state index in [0.717, 1.165) is 16.8 Å². The van der Waals surface area contributed by atoms with Crippen LogP contribution in [0.3, 0.4) is 0 Å². The second-order valence-electron chi connectivity index (χ2n) is 4.70. The van der Waals surface area contributed by atoms with Crippen molar-refractivity contribution in [2.45, 2.75) is 26.2 Å². The minimum atomic E-state index is -0.493. The van der Waals surface area contributed by atoms with Crippen molar-refractivity contribution in [3.8, 4) is 17.4 Å². The Bertz CT molecular complexity index is 606. The van der Waals surface area contributed by atoms with Crippen molar-refractivity contribution in [3.05, 3.63) is 40.9 Å². The summed E-state index contributed by atoms with van der Waals surface area (Å²) in [6.45, 7) is 5.62. The molecule has 0 aliphatic carbocycles. The molecule has 92 valence electrons. The first-order valence-corrected chi connectivity index (χ1v) is 5.97. The molecule has 0 amide bonds. The molecule has 2 aromatic rings. The Morgan fingerprint density at radius 1 is 1.28 bits per heavy atom. The summed E-state index contributed by atoms with van der Waals surface area (Å²) < 4.78 is 5.34. The lowest BCUT2D eigenvalue weighted by Gasteiger charge is -2.15. The van der Waals surface area contributed by atoms with Crippen LogP contribution in [0.5, 0.6) is 0 Å². The maximum atomic E-state index is 9.09. The second-order valence-corrected chi connectivity index (χ2v) is 5.02. The van der Waals surface area contributed by atoms with Crippen molar-refractivity contribution < 1.29 is 4.42 Å². The molecule has 0 saturated heterocycles. The summed E-state index contributed by atoms with van der Waals surface area (Å²) in [4.78, 5) is 4.02. The van der Waals surface area contributed by atoms with Gasteiger partial charge in [0.05, 0.1) is 17.2 Å². The fourth-order valence-corrected chi connectivity index (χ4v) is 1.94. The third-order valence-electron chi connectivity index (χ3n) is 2.92. The zero-order valence-corrected chi connectivity index (χ0v) is 11.2. The quantitative estimate of drug-likeness (QED) is 0.817. The number of oxazole rings is 1. The number of rotatable bonds is 2. The number of benzene rings is 1. The van der Waals surface area contributed by atoms with E-state index >= 15 is 0 Å². The van der Waals surface area contributed by atoms with Gasteiger partial charge in [0.25, 0.3) is 5.35 Å². The summed E-state index contributed by atoms with van der Waals surface area (Å²) in [6.07, 6.45) is 0. The van der Waals surface area contributed by atoms with Crippen molar-refractivity contribution >= 4 is 11.6 Å². The minimum Gasteiger partial charge on any atom is -0.427 e. The zero-order chi connectivity index (χ0) is 13.3. The van der Waals surface area contributed by atoms with E-state index in [1.807, 2.05) is 45.0 Å². The Morgan fingerprint density at radius 3 is 2.33 bits per heavy atom. The number of hydrogen-bond acceptors (Lipinski definition) is 3. The first kappa shape index (κ1) is 12.7. The highest BCUT2D eigenvalue weighted by atomic mass is 35.5. The second kappa shape index (κ2) is 4.47. The van der Waals surface area contributed by atoms with Gasteiger partial charge in [-0.25, -0.2) is 4.98 Å². The van der Waals surface area contributed by atoms with E-state index in [1.54, 1.807) is 0 Å². The van der Waals surface area contributed by atoms with Crippen LogP contribution in [0.25, 0.3) is 11.3 Å². The van der Waals surface area contributed by atoms with Gasteiger partial charge < -0.3 is 4.42 Å². The zero-order valence-electron chi connectivity index (χ0n) is 10.5. The standard InChI is InChI=1S/C14H13ClN2O/c1-9-12(18-13(15)17-9)10-4-6-11(7-5-10)14(2,3)8-16/h4-7H,1-3H3. The fraction of sp³-hybridized carbons (Fsp3) is 0.286. The maximum Gasteiger partial charge on any atom is 0.292 e. The summed E-state index contributed by atoms with van der Waals surface area (Å²) in [5, 5.41) is 9.23. The number of hydrogen-bond donors (Lipinski definition) is 0. The predicted octanol–water partition coefficient (Wildman–Crippen LogP) is 4.10. The Kier molecular flexibility index (Phi) is 3.14. The molecule has 0 N–H and O–H groups in total. The van der Waals surface area contributed by atoms with Crippen LogP contribution >= 0.6 is 11.6 Å². The van der Waals surface area contributed by atoms with Gasteiger partial charge in [-0.15, -0.1) is 0 Å². The topological polar surface area (TPSA) is 49.8 Å². The van der Waals surface area contributed by atoms with Crippen LogP contribution in [0.2, 0.25) is 5.35 Å². The molecule has 1 heterocycles. The van der Waals surface area contributed by atoms with Crippen molar-refractivity contribution in [3.63, 3.8) is 0 Å². The van der Waals surface area contributed by atoms with Crippen molar-refractivity contribution in [1.29, 1.82) is 5.26 Å². The van der Waals surface area contributed by atoms with E-state index < -0.39 is 5.41 Å². The minimum absolute atomic E-state index is 0.143. The summed E-state index contributed by atoms with van der Waals surface area (Å²) in [7, 11) is 0. The SMILES string of the molecule is Cc1nc(Cl)oc1-c1ccc(C(C)(C)C#N)cc1. The van der Waals surface area contributed by atoms with E-state index in [-0.39, 0.29) is 5.35 Å². The number of nitriles is 1. The number of aryl methyl sites for hydroxylation is 1. The van der Waals surface area contributed by atoms with Crippen molar-refractivity contribution in [2.75, 3.05) is 0 Å². The van der Waals surface area contributed by atoms with Gasteiger partial charge in [-0.3, -0.25) is 0 Å². The van der Waals surface area contributed by atoms with Crippen LogP contribution in [-0.2, 0) is 5.41 Å². The molecule has 3 nitrogen and oxygen atoms in total. The number of nitrogens with zero attached hydrogens (tertiary/aromatic N) is 2. The monoisotopic (exact) mass is 260 g/mol. The molecule has 4 heteroatoms. The van der Waals surface area contributed by atoms with E-state index in [4.69, 9.17) is 21.3 Å². The summed E-state index contributed by atoms with van der Waals surface area (Å²) in [5.74, 6) is 0.668. The lowest BCUT2D eigenvalue weighted by molar-refractivity contribution is 0.573. The van der Waals surface area contributed by atoms with E-state index in [2.05, 4.69) is 11.1 Å². The largest absolute Gasteiger partial charge is 0.427 e. The van der Waals surface area contributed by atoms with Crippen LogP contribution in [-0.4, -0.2) is 4.98 Å². The van der Waals surface area contributed by atoms with E-state index in [1.165, 1.54) is 0 Å². The smallest absolute Gasteiger partial charge is 0.292 e. The van der Waals surface area contributed by atoms with Gasteiger partial charge in [-0.2, -0.15) is 5.26 Å². The average Bonchev–Trinajstić information content (AvgIpc) is 2.69. The molecule has 0 atom stereocenters. The lowest BCUT2D eigenvalue weighted by atomic mass is 9.86. The molecule has 1 aromatic heterocycles. The molecule has 18 heavy (non-hydrogen) atoms. The lowest BCUT2D eigenvalue weighted by Crippen LogP contribution is -2.13. The van der Waals surface area contributed by atoms with Gasteiger partial charge in [0.15, 0.2) is 5.76 Å². The third-order valence-corrected chi connectivity index (χ3v) is 3.08. The van der Waals surface area contributed by atoms with Crippen LogP contribution in [0.1, 0.15) is 25.1 Å². The summed E-state index contributed by atoms with van der Waals surface area (Å²) >= 11 is 5.72. The molecule has 0 aliphatic heterocycles. The highest BCUT2D eigenvalue weighted by Crippen LogP contribution is 2.29. The van der Waals surface area contributed by atoms with Gasteiger partial charge in [-0.1, -0.05) is 24.3 Å². The Balaban J connectivity index is 2.40. The molecule has 2 rings (SSSR count). The average molecular weight is 261 g/mol. The van der Waals surface area contributed by atoms with Crippen LogP contribution in [0, 0.1) is 18.3 Å². The molecular formula is C14H13ClN2O. The summed E-state index contributed by atoms with van der Waals surface area (Å²) in [6, 6.07) is 9.96. The third kappa shape index (κ3) is 2.25. The van der Waals surface area contributed by atoms with Gasteiger partial charge in [0.1, 0.15) is 0 Å².